The van der Waals surface area contributed by atoms with Crippen LogP contribution < -0.4 is 0 Å². The van der Waals surface area contributed by atoms with Crippen LogP contribution in [0.2, 0.25) is 12.6 Å². The minimum absolute atomic E-state index is 0.0912. The molecular weight excluding hydrogens is 645 g/mol. The molecule has 1 aromatic heterocycles. The van der Waals surface area contributed by atoms with Crippen LogP contribution >= 0.6 is 23.2 Å². The molecule has 48 heavy (non-hydrogen) atoms. The minimum atomic E-state index is -2.62. The number of hydrogen-bond donors (Lipinski definition) is 0. The Hall–Kier alpha value is -2.82. The standard InChI is InChI=1S/C43H45Cl2NOSi/c1-40(2,3)47-26-16-6-7-17-27-48(5)41(32-22-12-8-18-28(32)29-19-9-13-23-33(29)41)38-39(44)42(38,45)43(48)34-24-14-10-20-30(34)37-36(43)31-21-11-15-25-35(31)46(37)4/h8-15,18-25,38-39H,6-7,16-17,26-27H2,1-5H3. The van der Waals surface area contributed by atoms with Crippen LogP contribution in [0.4, 0.5) is 0 Å². The first-order valence-electron chi connectivity index (χ1n) is 17.9. The van der Waals surface area contributed by atoms with Gasteiger partial charge in [0.15, 0.2) is 0 Å². The summed E-state index contributed by atoms with van der Waals surface area (Å²) in [6.07, 6.45) is 4.65. The molecule has 1 saturated heterocycles. The second kappa shape index (κ2) is 10.4. The third-order valence-corrected chi connectivity index (χ3v) is 21.1. The Labute approximate surface area is 296 Å². The highest BCUT2D eigenvalue weighted by Crippen LogP contribution is 2.87. The van der Waals surface area contributed by atoms with Gasteiger partial charge in [0.2, 0.25) is 0 Å². The second-order valence-electron chi connectivity index (χ2n) is 16.1. The molecule has 1 saturated carbocycles. The van der Waals surface area contributed by atoms with Gasteiger partial charge in [-0.15, -0.1) is 23.2 Å². The highest BCUT2D eigenvalue weighted by molar-refractivity contribution is 6.89. The average Bonchev–Trinajstić information content (AvgIpc) is 3.38. The zero-order chi connectivity index (χ0) is 33.3. The van der Waals surface area contributed by atoms with E-state index >= 15 is 0 Å². The number of benzene rings is 4. The van der Waals surface area contributed by atoms with Gasteiger partial charge in [-0.05, 0) is 66.6 Å². The molecule has 4 aliphatic rings. The Morgan fingerprint density at radius 3 is 1.98 bits per heavy atom. The number of alkyl halides is 2. The molecule has 5 atom stereocenters. The summed E-state index contributed by atoms with van der Waals surface area (Å²) in [5, 5.41) is 0.614. The first-order chi connectivity index (χ1) is 23.1. The molecule has 5 heteroatoms. The summed E-state index contributed by atoms with van der Waals surface area (Å²) >= 11 is 16.3. The molecule has 0 bridgehead atoms. The minimum Gasteiger partial charge on any atom is -0.376 e. The van der Waals surface area contributed by atoms with Crippen molar-refractivity contribution < 1.29 is 4.74 Å². The molecule has 246 valence electrons. The van der Waals surface area contributed by atoms with Gasteiger partial charge in [0.05, 0.1) is 29.6 Å². The monoisotopic (exact) mass is 689 g/mol. The Morgan fingerprint density at radius 1 is 0.750 bits per heavy atom. The van der Waals surface area contributed by atoms with Crippen LogP contribution in [-0.4, -0.2) is 35.1 Å². The van der Waals surface area contributed by atoms with Crippen LogP contribution in [0.3, 0.4) is 0 Å². The number of aryl methyl sites for hydroxylation is 1. The number of unbranched alkanes of at least 4 members (excludes halogenated alkanes) is 3. The smallest absolute Gasteiger partial charge is 0.0867 e. The lowest BCUT2D eigenvalue weighted by Crippen LogP contribution is -2.66. The van der Waals surface area contributed by atoms with Gasteiger partial charge in [-0.25, -0.2) is 0 Å². The number of ether oxygens (including phenoxy) is 1. The van der Waals surface area contributed by atoms with Gasteiger partial charge in [0.25, 0.3) is 0 Å². The predicted molar refractivity (Wildman–Crippen MR) is 204 cm³/mol. The molecule has 0 amide bonds. The Bertz CT molecular complexity index is 2070. The number of rotatable bonds is 7. The molecule has 9 rings (SSSR count). The van der Waals surface area contributed by atoms with Crippen molar-refractivity contribution in [3.8, 4) is 22.4 Å². The van der Waals surface area contributed by atoms with E-state index in [-0.39, 0.29) is 27.0 Å². The van der Waals surface area contributed by atoms with Crippen molar-refractivity contribution in [2.75, 3.05) is 6.61 Å². The topological polar surface area (TPSA) is 14.2 Å². The van der Waals surface area contributed by atoms with Crippen molar-refractivity contribution in [1.29, 1.82) is 0 Å². The van der Waals surface area contributed by atoms with Gasteiger partial charge in [-0.2, -0.15) is 0 Å². The average molecular weight is 691 g/mol. The third-order valence-electron chi connectivity index (χ3n) is 12.9. The number of para-hydroxylation sites is 1. The van der Waals surface area contributed by atoms with Crippen molar-refractivity contribution in [1.82, 2.24) is 4.57 Å². The fourth-order valence-electron chi connectivity index (χ4n) is 11.5. The van der Waals surface area contributed by atoms with Crippen LogP contribution in [0.5, 0.6) is 0 Å². The molecule has 0 radical (unpaired) electrons. The van der Waals surface area contributed by atoms with Crippen molar-refractivity contribution >= 4 is 42.2 Å². The van der Waals surface area contributed by atoms with Gasteiger partial charge in [-0.3, -0.25) is 0 Å². The number of fused-ring (bicyclic) bond motifs is 15. The van der Waals surface area contributed by atoms with Crippen LogP contribution in [-0.2, 0) is 21.9 Å². The number of halogens is 2. The van der Waals surface area contributed by atoms with Gasteiger partial charge in [0, 0.05) is 46.1 Å². The molecule has 2 fully saturated rings. The van der Waals surface area contributed by atoms with Crippen LogP contribution in [0.25, 0.3) is 33.3 Å². The Kier molecular flexibility index (Phi) is 6.73. The molecule has 2 spiro atoms. The zero-order valence-corrected chi connectivity index (χ0v) is 31.3. The maximum absolute atomic E-state index is 8.51. The molecule has 3 aliphatic carbocycles. The van der Waals surface area contributed by atoms with E-state index in [2.05, 4.69) is 136 Å². The molecule has 5 aromatic rings. The Balaban J connectivity index is 1.31. The van der Waals surface area contributed by atoms with Gasteiger partial charge >= 0.3 is 0 Å². The fraction of sp³-hybridized carbons (Fsp3) is 0.395. The number of aromatic nitrogens is 1. The van der Waals surface area contributed by atoms with E-state index in [1.54, 1.807) is 0 Å². The lowest BCUT2D eigenvalue weighted by atomic mass is 9.84. The van der Waals surface area contributed by atoms with Crippen LogP contribution in [0.1, 0.15) is 68.7 Å². The zero-order valence-electron chi connectivity index (χ0n) is 28.7. The number of nitrogens with zero attached hydrogens (tertiary/aromatic N) is 1. The summed E-state index contributed by atoms with van der Waals surface area (Å²) in [5.74, 6) is 0.132. The largest absolute Gasteiger partial charge is 0.376 e. The van der Waals surface area contributed by atoms with Gasteiger partial charge in [-0.1, -0.05) is 123 Å². The number of hydrogen-bond acceptors (Lipinski definition) is 1. The molecule has 1 aliphatic heterocycles. The molecule has 2 nitrogen and oxygen atoms in total. The van der Waals surface area contributed by atoms with E-state index in [1.165, 1.54) is 80.8 Å². The summed E-state index contributed by atoms with van der Waals surface area (Å²) in [5.41, 5.74) is 12.5. The van der Waals surface area contributed by atoms with E-state index in [4.69, 9.17) is 27.9 Å². The van der Waals surface area contributed by atoms with Crippen molar-refractivity contribution in [3.05, 3.63) is 119 Å². The summed E-state index contributed by atoms with van der Waals surface area (Å²) in [4.78, 5) is -0.605. The summed E-state index contributed by atoms with van der Waals surface area (Å²) < 4.78 is 8.55. The van der Waals surface area contributed by atoms with Crippen molar-refractivity contribution in [2.45, 2.75) is 85.0 Å². The maximum Gasteiger partial charge on any atom is 0.0867 e. The first kappa shape index (κ1) is 31.2. The normalized spacial score (nSPS) is 28.5. The highest BCUT2D eigenvalue weighted by atomic mass is 35.5. The van der Waals surface area contributed by atoms with E-state index in [0.29, 0.717) is 0 Å². The van der Waals surface area contributed by atoms with E-state index in [0.717, 1.165) is 13.0 Å². The van der Waals surface area contributed by atoms with E-state index in [1.807, 2.05) is 0 Å². The summed E-state index contributed by atoms with van der Waals surface area (Å²) in [6, 6.07) is 38.0. The highest BCUT2D eigenvalue weighted by Gasteiger charge is 2.94. The van der Waals surface area contributed by atoms with Crippen molar-refractivity contribution in [3.63, 3.8) is 0 Å². The first-order valence-corrected chi connectivity index (χ1v) is 21.4. The lowest BCUT2D eigenvalue weighted by Gasteiger charge is -2.54. The molecular formula is C43H45Cl2NOSi. The Morgan fingerprint density at radius 2 is 1.31 bits per heavy atom. The molecule has 4 aromatic carbocycles. The lowest BCUT2D eigenvalue weighted by molar-refractivity contribution is -0.00471. The van der Waals surface area contributed by atoms with Crippen LogP contribution in [0, 0.1) is 5.92 Å². The third kappa shape index (κ3) is 3.50. The van der Waals surface area contributed by atoms with E-state index < -0.39 is 12.9 Å². The predicted octanol–water partition coefficient (Wildman–Crippen LogP) is 11.2. The van der Waals surface area contributed by atoms with Crippen molar-refractivity contribution in [2.24, 2.45) is 13.0 Å². The molecule has 2 heterocycles. The molecule has 5 unspecified atom stereocenters. The SMILES string of the molecule is Cn1c2c(c3ccccc31)C1(c3ccccc3-2)C2(Cl)C(Cl)C2C2(c3ccccc3-c3ccccc32)[Si]1(C)CCCCCCOC(C)(C)C. The maximum atomic E-state index is 8.51. The summed E-state index contributed by atoms with van der Waals surface area (Å²) in [6.45, 7) is 10.0. The summed E-state index contributed by atoms with van der Waals surface area (Å²) in [7, 11) is -0.362. The van der Waals surface area contributed by atoms with Crippen LogP contribution in [0.15, 0.2) is 97.1 Å². The van der Waals surface area contributed by atoms with E-state index in [9.17, 15) is 0 Å². The second-order valence-corrected chi connectivity index (χ2v) is 21.9. The quantitative estimate of drug-likeness (QED) is 0.0942. The van der Waals surface area contributed by atoms with Gasteiger partial charge < -0.3 is 9.30 Å². The van der Waals surface area contributed by atoms with Gasteiger partial charge in [0.1, 0.15) is 0 Å². The fourth-order valence-corrected chi connectivity index (χ4v) is 21.4. The molecule has 0 N–H and O–H groups in total.